The van der Waals surface area contributed by atoms with Gasteiger partial charge in [0.2, 0.25) is 5.95 Å². The fourth-order valence-corrected chi connectivity index (χ4v) is 2.01. The predicted molar refractivity (Wildman–Crippen MR) is 69.0 cm³/mol. The number of anilines is 2. The molecule has 108 valence electrons. The third kappa shape index (κ3) is 5.97. The number of alkyl halides is 3. The molecule has 1 aromatic heterocycles. The summed E-state index contributed by atoms with van der Waals surface area (Å²) in [6.07, 6.45) is -3.84. The fourth-order valence-electron chi connectivity index (χ4n) is 1.22. The molecule has 0 atom stereocenters. The van der Waals surface area contributed by atoms with Gasteiger partial charge in [-0.25, -0.2) is 4.98 Å². The van der Waals surface area contributed by atoms with Crippen molar-refractivity contribution in [1.82, 2.24) is 9.97 Å². The second kappa shape index (κ2) is 7.39. The van der Waals surface area contributed by atoms with Gasteiger partial charge in [0.05, 0.1) is 0 Å². The molecule has 0 spiro atoms. The van der Waals surface area contributed by atoms with Gasteiger partial charge in [-0.2, -0.15) is 29.9 Å². The Bertz CT molecular complexity index is 403. The van der Waals surface area contributed by atoms with Crippen LogP contribution in [0.2, 0.25) is 0 Å². The minimum atomic E-state index is -4.54. The Balaban J connectivity index is 2.48. The molecule has 1 heterocycles. The number of hydrogen-bond donors (Lipinski definition) is 3. The number of aliphatic hydroxyl groups is 1. The molecule has 0 radical (unpaired) electrons. The summed E-state index contributed by atoms with van der Waals surface area (Å²) in [6, 6.07) is 0.828. The van der Waals surface area contributed by atoms with Crippen molar-refractivity contribution in [2.24, 2.45) is 0 Å². The second-order valence-corrected chi connectivity index (χ2v) is 4.84. The van der Waals surface area contributed by atoms with Gasteiger partial charge in [-0.1, -0.05) is 0 Å². The van der Waals surface area contributed by atoms with Crippen LogP contribution in [0.25, 0.3) is 0 Å². The lowest BCUT2D eigenvalue weighted by Gasteiger charge is -2.10. The molecule has 0 aliphatic heterocycles. The van der Waals surface area contributed by atoms with Crippen molar-refractivity contribution in [2.75, 3.05) is 35.7 Å². The number of thioether (sulfide) groups is 1. The highest BCUT2D eigenvalue weighted by Crippen LogP contribution is 2.29. The summed E-state index contributed by atoms with van der Waals surface area (Å²) < 4.78 is 37.4. The lowest BCUT2D eigenvalue weighted by atomic mass is 10.4. The van der Waals surface area contributed by atoms with Crippen molar-refractivity contribution < 1.29 is 18.3 Å². The van der Waals surface area contributed by atoms with Crippen LogP contribution in [0, 0.1) is 0 Å². The zero-order valence-electron chi connectivity index (χ0n) is 10.1. The van der Waals surface area contributed by atoms with Crippen LogP contribution >= 0.6 is 11.8 Å². The number of nitrogen functional groups attached to an aromatic ring is 1. The molecule has 0 aliphatic rings. The summed E-state index contributed by atoms with van der Waals surface area (Å²) in [7, 11) is 0. The van der Waals surface area contributed by atoms with E-state index in [4.69, 9.17) is 10.8 Å². The van der Waals surface area contributed by atoms with Crippen molar-refractivity contribution in [1.29, 1.82) is 0 Å². The zero-order chi connectivity index (χ0) is 14.3. The highest BCUT2D eigenvalue weighted by atomic mass is 32.2. The van der Waals surface area contributed by atoms with E-state index in [1.807, 2.05) is 0 Å². The number of aliphatic hydroxyl groups excluding tert-OH is 1. The monoisotopic (exact) mass is 296 g/mol. The average Bonchev–Trinajstić information content (AvgIpc) is 2.32. The predicted octanol–water partition coefficient (Wildman–Crippen LogP) is 1.61. The van der Waals surface area contributed by atoms with Gasteiger partial charge in [0.25, 0.3) is 0 Å². The van der Waals surface area contributed by atoms with Crippen LogP contribution in [-0.2, 0) is 6.18 Å². The number of nitrogens with one attached hydrogen (secondary N) is 1. The van der Waals surface area contributed by atoms with Crippen LogP contribution < -0.4 is 11.1 Å². The van der Waals surface area contributed by atoms with Gasteiger partial charge >= 0.3 is 6.18 Å². The molecule has 0 saturated heterocycles. The first-order valence-corrected chi connectivity index (χ1v) is 6.73. The number of nitrogens with two attached hydrogens (primary N) is 1. The summed E-state index contributed by atoms with van der Waals surface area (Å²) in [5, 5.41) is 11.3. The van der Waals surface area contributed by atoms with Crippen LogP contribution in [0.5, 0.6) is 0 Å². The summed E-state index contributed by atoms with van der Waals surface area (Å²) in [5.41, 5.74) is 4.17. The summed E-state index contributed by atoms with van der Waals surface area (Å²) in [5.74, 6) is 1.15. The molecule has 0 fully saturated rings. The van der Waals surface area contributed by atoms with Crippen molar-refractivity contribution in [3.63, 3.8) is 0 Å². The van der Waals surface area contributed by atoms with E-state index in [1.165, 1.54) is 0 Å². The van der Waals surface area contributed by atoms with Crippen LogP contribution in [-0.4, -0.2) is 39.7 Å². The summed E-state index contributed by atoms with van der Waals surface area (Å²) in [6.45, 7) is 0.599. The quantitative estimate of drug-likeness (QED) is 0.663. The Kier molecular flexibility index (Phi) is 6.16. The highest BCUT2D eigenvalue weighted by Gasteiger charge is 2.33. The lowest BCUT2D eigenvalue weighted by molar-refractivity contribution is -0.141. The van der Waals surface area contributed by atoms with Crippen LogP contribution in [0.3, 0.4) is 0 Å². The molecule has 0 aromatic carbocycles. The molecular formula is C10H15F3N4OS. The third-order valence-corrected chi connectivity index (χ3v) is 3.10. The summed E-state index contributed by atoms with van der Waals surface area (Å²) >= 11 is 1.59. The standard InChI is InChI=1S/C10H15F3N4OS/c11-10(12,13)7-6-8(17-9(14)16-7)15-2-5-19-4-1-3-18/h6,18H,1-5H2,(H3,14,15,16,17). The van der Waals surface area contributed by atoms with Crippen molar-refractivity contribution in [3.8, 4) is 0 Å². The minimum absolute atomic E-state index is 0.0579. The maximum absolute atomic E-state index is 12.5. The van der Waals surface area contributed by atoms with E-state index in [0.29, 0.717) is 18.7 Å². The first-order valence-electron chi connectivity index (χ1n) is 5.57. The summed E-state index contributed by atoms with van der Waals surface area (Å²) in [4.78, 5) is 6.83. The van der Waals surface area contributed by atoms with Gasteiger partial charge in [-0.05, 0) is 12.2 Å². The number of aromatic nitrogens is 2. The Morgan fingerprint density at radius 1 is 1.32 bits per heavy atom. The van der Waals surface area contributed by atoms with Crippen LogP contribution in [0.4, 0.5) is 24.9 Å². The normalized spacial score (nSPS) is 11.6. The van der Waals surface area contributed by atoms with E-state index < -0.39 is 17.8 Å². The van der Waals surface area contributed by atoms with Gasteiger partial charge in [0.15, 0.2) is 5.69 Å². The van der Waals surface area contributed by atoms with E-state index in [9.17, 15) is 13.2 Å². The molecule has 0 unspecified atom stereocenters. The Hall–Kier alpha value is -1.22. The van der Waals surface area contributed by atoms with E-state index in [-0.39, 0.29) is 12.4 Å². The van der Waals surface area contributed by atoms with Gasteiger partial charge in [-0.3, -0.25) is 0 Å². The van der Waals surface area contributed by atoms with E-state index in [0.717, 1.165) is 11.8 Å². The van der Waals surface area contributed by atoms with E-state index in [2.05, 4.69) is 15.3 Å². The molecular weight excluding hydrogens is 281 g/mol. The molecule has 0 amide bonds. The third-order valence-electron chi connectivity index (χ3n) is 2.03. The Morgan fingerprint density at radius 3 is 2.68 bits per heavy atom. The Labute approximate surface area is 112 Å². The van der Waals surface area contributed by atoms with Crippen molar-refractivity contribution in [3.05, 3.63) is 11.8 Å². The van der Waals surface area contributed by atoms with Crippen molar-refractivity contribution >= 4 is 23.5 Å². The molecule has 9 heteroatoms. The zero-order valence-corrected chi connectivity index (χ0v) is 10.9. The van der Waals surface area contributed by atoms with Gasteiger partial charge in [-0.15, -0.1) is 0 Å². The molecule has 0 saturated carbocycles. The van der Waals surface area contributed by atoms with Crippen LogP contribution in [0.15, 0.2) is 6.07 Å². The Morgan fingerprint density at radius 2 is 2.05 bits per heavy atom. The van der Waals surface area contributed by atoms with Gasteiger partial charge < -0.3 is 16.2 Å². The average molecular weight is 296 g/mol. The molecule has 1 aromatic rings. The SMILES string of the molecule is Nc1nc(NCCSCCCO)cc(C(F)(F)F)n1. The molecule has 5 nitrogen and oxygen atoms in total. The molecule has 0 bridgehead atoms. The first-order chi connectivity index (χ1) is 8.93. The fraction of sp³-hybridized carbons (Fsp3) is 0.600. The largest absolute Gasteiger partial charge is 0.433 e. The smallest absolute Gasteiger partial charge is 0.396 e. The minimum Gasteiger partial charge on any atom is -0.396 e. The molecule has 0 aliphatic carbocycles. The topological polar surface area (TPSA) is 84.1 Å². The van der Waals surface area contributed by atoms with E-state index in [1.54, 1.807) is 11.8 Å². The molecule has 19 heavy (non-hydrogen) atoms. The number of halogens is 3. The van der Waals surface area contributed by atoms with Gasteiger partial charge in [0, 0.05) is 25.0 Å². The van der Waals surface area contributed by atoms with Crippen molar-refractivity contribution in [2.45, 2.75) is 12.6 Å². The lowest BCUT2D eigenvalue weighted by Crippen LogP contribution is -2.14. The number of nitrogens with zero attached hydrogens (tertiary/aromatic N) is 2. The molecule has 1 rings (SSSR count). The maximum atomic E-state index is 12.5. The van der Waals surface area contributed by atoms with Gasteiger partial charge in [0.1, 0.15) is 5.82 Å². The molecule has 4 N–H and O–H groups in total. The number of hydrogen-bond acceptors (Lipinski definition) is 6. The second-order valence-electron chi connectivity index (χ2n) is 3.61. The first kappa shape index (κ1) is 15.8. The van der Waals surface area contributed by atoms with Crippen LogP contribution in [0.1, 0.15) is 12.1 Å². The maximum Gasteiger partial charge on any atom is 0.433 e. The highest BCUT2D eigenvalue weighted by molar-refractivity contribution is 7.99. The van der Waals surface area contributed by atoms with E-state index >= 15 is 0 Å². The number of rotatable bonds is 7.